The van der Waals surface area contributed by atoms with Crippen LogP contribution in [0.25, 0.3) is 22.3 Å². The Morgan fingerprint density at radius 3 is 2.26 bits per heavy atom. The van der Waals surface area contributed by atoms with Crippen LogP contribution < -0.4 is 14.9 Å². The largest absolute Gasteiger partial charge is 0.508 e. The van der Waals surface area contributed by atoms with Gasteiger partial charge in [-0.05, 0) is 24.3 Å². The summed E-state index contributed by atoms with van der Waals surface area (Å²) in [5, 5.41) is 82.8. The zero-order chi connectivity index (χ0) is 31.2. The van der Waals surface area contributed by atoms with Gasteiger partial charge in [0.1, 0.15) is 64.9 Å². The number of fused-ring (bicyclic) bond motifs is 1. The van der Waals surface area contributed by atoms with Gasteiger partial charge in [-0.2, -0.15) is 0 Å². The topological polar surface area (TPSA) is 238 Å². The van der Waals surface area contributed by atoms with E-state index >= 15 is 0 Å². The fourth-order valence-electron chi connectivity index (χ4n) is 5.30. The lowest BCUT2D eigenvalue weighted by molar-refractivity contribution is -0.287. The minimum atomic E-state index is -2.09. The number of hydrogen-bond donors (Lipinski definition) is 8. The molecule has 0 unspecified atom stereocenters. The first kappa shape index (κ1) is 30.9. The van der Waals surface area contributed by atoms with Crippen LogP contribution in [-0.4, -0.2) is 117 Å². The van der Waals surface area contributed by atoms with Crippen LogP contribution in [0, 0.1) is 0 Å². The zero-order valence-corrected chi connectivity index (χ0v) is 23.0. The molecule has 15 heteroatoms. The Labute approximate surface area is 243 Å². The number of ether oxygens (including phenoxy) is 5. The predicted octanol–water partition coefficient (Wildman–Crippen LogP) is -1.13. The molecule has 0 aliphatic carbocycles. The average Bonchev–Trinajstić information content (AvgIpc) is 3.28. The van der Waals surface area contributed by atoms with Gasteiger partial charge in [0.15, 0.2) is 23.1 Å². The molecule has 3 aromatic rings. The van der Waals surface area contributed by atoms with Gasteiger partial charge in [0.25, 0.3) is 0 Å². The average molecular weight is 609 g/mol. The molecule has 2 saturated heterocycles. The van der Waals surface area contributed by atoms with Crippen LogP contribution in [0.1, 0.15) is 11.7 Å². The molecule has 5 rings (SSSR count). The number of rotatable bonds is 8. The first-order valence-corrected chi connectivity index (χ1v) is 13.1. The van der Waals surface area contributed by atoms with Crippen molar-refractivity contribution in [2.45, 2.75) is 48.5 Å². The van der Waals surface area contributed by atoms with Gasteiger partial charge in [-0.15, -0.1) is 0 Å². The molecule has 1 aromatic heterocycles. The van der Waals surface area contributed by atoms with E-state index in [1.807, 2.05) is 0 Å². The number of phenols is 2. The Balaban J connectivity index is 1.69. The third-order valence-electron chi connectivity index (χ3n) is 7.68. The molecule has 2 aliphatic heterocycles. The first-order chi connectivity index (χ1) is 20.5. The summed E-state index contributed by atoms with van der Waals surface area (Å²) in [5.74, 6) is -1.06. The molecule has 2 fully saturated rings. The highest BCUT2D eigenvalue weighted by atomic mass is 16.7. The third-order valence-corrected chi connectivity index (χ3v) is 7.68. The number of methoxy groups -OCH3 is 2. The van der Waals surface area contributed by atoms with Gasteiger partial charge in [-0.1, -0.05) is 0 Å². The fraction of sp³-hybridized carbons (Fsp3) is 0.464. The molecule has 15 nitrogen and oxygen atoms in total. The van der Waals surface area contributed by atoms with E-state index in [2.05, 4.69) is 0 Å². The van der Waals surface area contributed by atoms with E-state index in [1.165, 1.54) is 38.5 Å². The zero-order valence-electron chi connectivity index (χ0n) is 23.0. The SMILES string of the molecule is COc1c([C@@H]2O[C@H](CO)[C@@H](O)[C@H](O)[C@H]2O[C@@H]2OC[C@](O)(CO)[C@H]2O)c(O)c2c(=O)cc(-c3ccc(O)cc3)oc2c1OC. The normalized spacial score (nSPS) is 30.9. The van der Waals surface area contributed by atoms with Gasteiger partial charge >= 0.3 is 0 Å². The van der Waals surface area contributed by atoms with Gasteiger partial charge in [0, 0.05) is 11.6 Å². The van der Waals surface area contributed by atoms with Gasteiger partial charge in [0.2, 0.25) is 5.75 Å². The van der Waals surface area contributed by atoms with Crippen molar-refractivity contribution in [3.8, 4) is 34.3 Å². The molecule has 234 valence electrons. The highest BCUT2D eigenvalue weighted by Crippen LogP contribution is 2.51. The minimum Gasteiger partial charge on any atom is -0.508 e. The molecule has 3 heterocycles. The van der Waals surface area contributed by atoms with Gasteiger partial charge < -0.3 is 69.0 Å². The number of phenolic OH excluding ortho intramolecular Hbond substituents is 2. The first-order valence-electron chi connectivity index (χ1n) is 13.1. The molecular weight excluding hydrogens is 576 g/mol. The maximum atomic E-state index is 13.4. The van der Waals surface area contributed by atoms with Crippen LogP contribution in [0.3, 0.4) is 0 Å². The van der Waals surface area contributed by atoms with E-state index in [0.29, 0.717) is 5.56 Å². The van der Waals surface area contributed by atoms with E-state index in [9.17, 15) is 45.6 Å². The Morgan fingerprint density at radius 1 is 1.00 bits per heavy atom. The Morgan fingerprint density at radius 2 is 1.67 bits per heavy atom. The van der Waals surface area contributed by atoms with Gasteiger partial charge in [-0.25, -0.2) is 0 Å². The molecule has 0 spiro atoms. The molecule has 2 aliphatic rings. The Kier molecular flexibility index (Phi) is 8.54. The number of hydrogen-bond acceptors (Lipinski definition) is 15. The smallest absolute Gasteiger partial charge is 0.205 e. The van der Waals surface area contributed by atoms with Crippen LogP contribution in [0.4, 0.5) is 0 Å². The monoisotopic (exact) mass is 608 g/mol. The Bertz CT molecular complexity index is 1520. The Hall–Kier alpha value is -3.51. The second kappa shape index (κ2) is 11.9. The van der Waals surface area contributed by atoms with Crippen molar-refractivity contribution in [3.63, 3.8) is 0 Å². The predicted molar refractivity (Wildman–Crippen MR) is 144 cm³/mol. The summed E-state index contributed by atoms with van der Waals surface area (Å²) in [7, 11) is 2.46. The molecule has 8 atom stereocenters. The molecule has 0 amide bonds. The quantitative estimate of drug-likeness (QED) is 0.151. The standard InChI is InChI=1S/C28H32O15/c1-38-21-17(19(34)16-13(32)7-14(41-22(16)25(21)39-2)11-3-5-12(31)6-4-11)23-24(20(35)18(33)15(8-29)42-23)43-27-26(36)28(37,9-30)10-40-27/h3-7,15,18,20,23-24,26-27,29-31,33-37H,8-10H2,1-2H3/t15-,18-,20+,23+,24-,26+,27+,28-/m1/s1. The summed E-state index contributed by atoms with van der Waals surface area (Å²) in [5.41, 5.74) is -2.90. The maximum Gasteiger partial charge on any atom is 0.205 e. The van der Waals surface area contributed by atoms with Crippen molar-refractivity contribution in [1.29, 1.82) is 0 Å². The summed E-state index contributed by atoms with van der Waals surface area (Å²) in [4.78, 5) is 13.4. The molecular formula is C28H32O15. The van der Waals surface area contributed by atoms with Crippen molar-refractivity contribution in [1.82, 2.24) is 0 Å². The molecule has 0 saturated carbocycles. The summed E-state index contributed by atoms with van der Waals surface area (Å²) in [6.07, 6.45) is -11.7. The van der Waals surface area contributed by atoms with E-state index < -0.39 is 79.5 Å². The van der Waals surface area contributed by atoms with Crippen molar-refractivity contribution >= 4 is 11.0 Å². The molecule has 43 heavy (non-hydrogen) atoms. The van der Waals surface area contributed by atoms with E-state index in [1.54, 1.807) is 0 Å². The van der Waals surface area contributed by atoms with E-state index in [0.717, 1.165) is 6.07 Å². The van der Waals surface area contributed by atoms with Crippen molar-refractivity contribution in [2.24, 2.45) is 0 Å². The maximum absolute atomic E-state index is 13.4. The number of aliphatic hydroxyl groups is 6. The van der Waals surface area contributed by atoms with Crippen molar-refractivity contribution in [2.75, 3.05) is 34.0 Å². The van der Waals surface area contributed by atoms with Crippen LogP contribution in [0.2, 0.25) is 0 Å². The van der Waals surface area contributed by atoms with E-state index in [-0.39, 0.29) is 39.5 Å². The lowest BCUT2D eigenvalue weighted by Crippen LogP contribution is -2.58. The number of aromatic hydroxyl groups is 2. The minimum absolute atomic E-state index is 0.0114. The van der Waals surface area contributed by atoms with E-state index in [4.69, 9.17) is 28.1 Å². The van der Waals surface area contributed by atoms with Crippen LogP contribution >= 0.6 is 0 Å². The second-order valence-electron chi connectivity index (χ2n) is 10.3. The lowest BCUT2D eigenvalue weighted by Gasteiger charge is -2.43. The van der Waals surface area contributed by atoms with Crippen LogP contribution in [-0.2, 0) is 14.2 Å². The number of aliphatic hydroxyl groups excluding tert-OH is 5. The molecule has 0 radical (unpaired) electrons. The van der Waals surface area contributed by atoms with Crippen LogP contribution in [0.15, 0.2) is 39.5 Å². The number of benzene rings is 2. The summed E-state index contributed by atoms with van der Waals surface area (Å²) in [6.45, 7) is -2.19. The third kappa shape index (κ3) is 5.18. The summed E-state index contributed by atoms with van der Waals surface area (Å²) < 4.78 is 34.0. The van der Waals surface area contributed by atoms with Crippen LogP contribution in [0.5, 0.6) is 23.0 Å². The van der Waals surface area contributed by atoms with Gasteiger partial charge in [-0.3, -0.25) is 4.79 Å². The highest BCUT2D eigenvalue weighted by Gasteiger charge is 2.54. The molecule has 2 aromatic carbocycles. The summed E-state index contributed by atoms with van der Waals surface area (Å²) in [6, 6.07) is 6.90. The molecule has 8 N–H and O–H groups in total. The summed E-state index contributed by atoms with van der Waals surface area (Å²) >= 11 is 0. The highest BCUT2D eigenvalue weighted by molar-refractivity contribution is 5.94. The lowest BCUT2D eigenvalue weighted by atomic mass is 9.89. The van der Waals surface area contributed by atoms with Crippen molar-refractivity contribution < 1.29 is 69.0 Å². The van der Waals surface area contributed by atoms with Crippen molar-refractivity contribution in [3.05, 3.63) is 46.1 Å². The van der Waals surface area contributed by atoms with Gasteiger partial charge in [0.05, 0.1) is 39.6 Å². The second-order valence-corrected chi connectivity index (χ2v) is 10.3. The molecule has 0 bridgehead atoms. The fourth-order valence-corrected chi connectivity index (χ4v) is 5.30.